The molecule has 4 heterocycles. The van der Waals surface area contributed by atoms with E-state index in [4.69, 9.17) is 16.3 Å². The molecule has 0 bridgehead atoms. The van der Waals surface area contributed by atoms with Crippen molar-refractivity contribution in [3.63, 3.8) is 0 Å². The summed E-state index contributed by atoms with van der Waals surface area (Å²) in [5.41, 5.74) is 3.72. The number of ketones is 1. The SMILES string of the molecule is CCCCCOc1ccc(C2C(=C(O)c3nc4c(C)cccn4c3C)C(=O)C(=O)N2c2nc3ccc(Cl)cc3s2)cc1. The molecule has 6 rings (SSSR count). The number of nitrogens with zero attached hydrogens (tertiary/aromatic N) is 4. The van der Waals surface area contributed by atoms with Gasteiger partial charge in [-0.05, 0) is 67.8 Å². The second-order valence-electron chi connectivity index (χ2n) is 10.3. The number of ether oxygens (including phenoxy) is 1. The van der Waals surface area contributed by atoms with Crippen LogP contribution in [0.5, 0.6) is 5.75 Å². The monoisotopic (exact) mass is 600 g/mol. The number of thiazole rings is 1. The smallest absolute Gasteiger partial charge is 0.301 e. The number of halogens is 1. The van der Waals surface area contributed by atoms with Crippen molar-refractivity contribution in [1.82, 2.24) is 14.4 Å². The molecule has 1 fully saturated rings. The van der Waals surface area contributed by atoms with Gasteiger partial charge in [-0.25, -0.2) is 9.97 Å². The van der Waals surface area contributed by atoms with E-state index in [1.165, 1.54) is 16.2 Å². The Morgan fingerprint density at radius 3 is 2.60 bits per heavy atom. The molecular formula is C32H29ClN4O4S. The lowest BCUT2D eigenvalue weighted by Crippen LogP contribution is -2.29. The van der Waals surface area contributed by atoms with Crippen LogP contribution in [-0.2, 0) is 9.59 Å². The standard InChI is InChI=1S/C32H29ClN4O4S/c1-4-5-6-16-41-22-12-9-20(10-13-22)27-25(28(38)26-19(3)36-15-7-8-18(2)30(36)35-26)29(39)31(40)37(27)32-34-23-14-11-21(33)17-24(23)42-32/h7-15,17,27,38H,4-6,16H2,1-3H3. The Bertz CT molecular complexity index is 1880. The van der Waals surface area contributed by atoms with E-state index in [2.05, 4.69) is 16.9 Å². The summed E-state index contributed by atoms with van der Waals surface area (Å²) < 4.78 is 8.53. The predicted molar refractivity (Wildman–Crippen MR) is 166 cm³/mol. The summed E-state index contributed by atoms with van der Waals surface area (Å²) in [6.07, 6.45) is 4.99. The highest BCUT2D eigenvalue weighted by Gasteiger charge is 2.48. The molecule has 1 aliphatic heterocycles. The molecule has 1 amide bonds. The number of aromatic nitrogens is 3. The number of anilines is 1. The van der Waals surface area contributed by atoms with Gasteiger partial charge in [0.15, 0.2) is 10.9 Å². The minimum absolute atomic E-state index is 0.0435. The maximum absolute atomic E-state index is 13.7. The molecule has 8 nitrogen and oxygen atoms in total. The third-order valence-electron chi connectivity index (χ3n) is 7.51. The van der Waals surface area contributed by atoms with Crippen molar-refractivity contribution >= 4 is 61.4 Å². The first-order valence-corrected chi connectivity index (χ1v) is 15.0. The second-order valence-corrected chi connectivity index (χ2v) is 11.8. The molecule has 1 aliphatic rings. The van der Waals surface area contributed by atoms with Gasteiger partial charge in [0.25, 0.3) is 5.78 Å². The van der Waals surface area contributed by atoms with Crippen LogP contribution in [0.4, 0.5) is 5.13 Å². The zero-order chi connectivity index (χ0) is 29.5. The van der Waals surface area contributed by atoms with E-state index in [1.807, 2.05) is 60.8 Å². The number of Topliss-reactive ketones (excluding diaryl/α,β-unsaturated/α-hetero) is 1. The molecule has 42 heavy (non-hydrogen) atoms. The molecule has 1 saturated heterocycles. The number of rotatable bonds is 8. The minimum atomic E-state index is -0.930. The van der Waals surface area contributed by atoms with E-state index in [9.17, 15) is 14.7 Å². The van der Waals surface area contributed by atoms with E-state index in [-0.39, 0.29) is 17.0 Å². The molecule has 0 saturated carbocycles. The summed E-state index contributed by atoms with van der Waals surface area (Å²) in [6.45, 7) is 6.49. The molecule has 10 heteroatoms. The number of imidazole rings is 1. The number of hydrogen-bond acceptors (Lipinski definition) is 7. The number of benzene rings is 2. The van der Waals surface area contributed by atoms with E-state index in [1.54, 1.807) is 18.2 Å². The first-order valence-electron chi connectivity index (χ1n) is 13.8. The third-order valence-corrected chi connectivity index (χ3v) is 8.76. The molecule has 1 atom stereocenters. The van der Waals surface area contributed by atoms with Crippen molar-refractivity contribution in [2.75, 3.05) is 11.5 Å². The summed E-state index contributed by atoms with van der Waals surface area (Å²) in [5, 5.41) is 12.6. The van der Waals surface area contributed by atoms with Crippen molar-refractivity contribution in [3.8, 4) is 5.75 Å². The largest absolute Gasteiger partial charge is 0.505 e. The van der Waals surface area contributed by atoms with E-state index < -0.39 is 17.7 Å². The maximum Gasteiger partial charge on any atom is 0.301 e. The molecule has 0 spiro atoms. The van der Waals surface area contributed by atoms with Gasteiger partial charge in [0.2, 0.25) is 0 Å². The summed E-state index contributed by atoms with van der Waals surface area (Å²) in [6, 6.07) is 15.4. The molecule has 0 aliphatic carbocycles. The topological polar surface area (TPSA) is 97.0 Å². The van der Waals surface area contributed by atoms with E-state index in [0.717, 1.165) is 29.5 Å². The molecule has 214 valence electrons. The van der Waals surface area contributed by atoms with Crippen LogP contribution in [0.2, 0.25) is 5.02 Å². The molecule has 2 aromatic carbocycles. The fourth-order valence-corrected chi connectivity index (χ4v) is 6.57. The number of aliphatic hydroxyl groups excluding tert-OH is 1. The lowest BCUT2D eigenvalue weighted by atomic mass is 9.96. The highest BCUT2D eigenvalue weighted by atomic mass is 35.5. The average molecular weight is 601 g/mol. The summed E-state index contributed by atoms with van der Waals surface area (Å²) >= 11 is 7.47. The highest BCUT2D eigenvalue weighted by Crippen LogP contribution is 2.45. The van der Waals surface area contributed by atoms with Gasteiger partial charge in [0.1, 0.15) is 17.1 Å². The Labute approximate surface area is 251 Å². The second kappa shape index (κ2) is 11.2. The number of hydrogen-bond donors (Lipinski definition) is 1. The van der Waals surface area contributed by atoms with Gasteiger partial charge >= 0.3 is 5.91 Å². The number of carbonyl (C=O) groups is 2. The van der Waals surface area contributed by atoms with Crippen molar-refractivity contribution < 1.29 is 19.4 Å². The Morgan fingerprint density at radius 1 is 1.07 bits per heavy atom. The third kappa shape index (κ3) is 4.82. The number of aliphatic hydroxyl groups is 1. The number of unbranched alkanes of at least 4 members (excludes halogenated alkanes) is 2. The van der Waals surface area contributed by atoms with Gasteiger partial charge in [-0.15, -0.1) is 0 Å². The number of fused-ring (bicyclic) bond motifs is 2. The van der Waals surface area contributed by atoms with Gasteiger partial charge < -0.3 is 14.2 Å². The van der Waals surface area contributed by atoms with Crippen LogP contribution in [0.15, 0.2) is 66.4 Å². The van der Waals surface area contributed by atoms with Gasteiger partial charge in [-0.1, -0.05) is 60.9 Å². The Hall–Kier alpha value is -4.21. The van der Waals surface area contributed by atoms with Gasteiger partial charge in [-0.3, -0.25) is 14.5 Å². The summed E-state index contributed by atoms with van der Waals surface area (Å²) in [5.74, 6) is -1.22. The van der Waals surface area contributed by atoms with Gasteiger partial charge in [-0.2, -0.15) is 0 Å². The molecule has 0 radical (unpaired) electrons. The molecule has 1 unspecified atom stereocenters. The van der Waals surface area contributed by atoms with Crippen LogP contribution in [0.3, 0.4) is 0 Å². The Morgan fingerprint density at radius 2 is 1.86 bits per heavy atom. The molecule has 1 N–H and O–H groups in total. The first kappa shape index (κ1) is 27.9. The summed E-state index contributed by atoms with van der Waals surface area (Å²) in [7, 11) is 0. The normalized spacial score (nSPS) is 16.7. The summed E-state index contributed by atoms with van der Waals surface area (Å²) in [4.78, 5) is 38.1. The molecule has 5 aromatic rings. The number of amides is 1. The van der Waals surface area contributed by atoms with Crippen LogP contribution in [-0.4, -0.2) is 37.8 Å². The Kier molecular flexibility index (Phi) is 7.47. The fraction of sp³-hybridized carbons (Fsp3) is 0.250. The minimum Gasteiger partial charge on any atom is -0.505 e. The first-order chi connectivity index (χ1) is 20.3. The fourth-order valence-electron chi connectivity index (χ4n) is 5.30. The zero-order valence-electron chi connectivity index (χ0n) is 23.4. The Balaban J connectivity index is 1.49. The lowest BCUT2D eigenvalue weighted by molar-refractivity contribution is -0.132. The van der Waals surface area contributed by atoms with Crippen LogP contribution in [0, 0.1) is 13.8 Å². The van der Waals surface area contributed by atoms with Gasteiger partial charge in [0.05, 0.1) is 34.1 Å². The van der Waals surface area contributed by atoms with E-state index >= 15 is 0 Å². The molecule has 3 aromatic heterocycles. The van der Waals surface area contributed by atoms with Crippen molar-refractivity contribution in [2.45, 2.75) is 46.1 Å². The van der Waals surface area contributed by atoms with Crippen LogP contribution in [0.25, 0.3) is 21.6 Å². The van der Waals surface area contributed by atoms with E-state index in [0.29, 0.717) is 44.9 Å². The number of pyridine rings is 1. The van der Waals surface area contributed by atoms with Gasteiger partial charge in [0, 0.05) is 11.2 Å². The maximum atomic E-state index is 13.7. The quantitative estimate of drug-likeness (QED) is 0.0862. The predicted octanol–water partition coefficient (Wildman–Crippen LogP) is 7.41. The van der Waals surface area contributed by atoms with Crippen molar-refractivity contribution in [3.05, 3.63) is 93.9 Å². The van der Waals surface area contributed by atoms with Crippen molar-refractivity contribution in [1.29, 1.82) is 0 Å². The number of carbonyl (C=O) groups excluding carboxylic acids is 2. The highest BCUT2D eigenvalue weighted by molar-refractivity contribution is 7.22. The zero-order valence-corrected chi connectivity index (χ0v) is 25.0. The van der Waals surface area contributed by atoms with Crippen LogP contribution < -0.4 is 9.64 Å². The molecular weight excluding hydrogens is 572 g/mol. The van der Waals surface area contributed by atoms with Crippen LogP contribution >= 0.6 is 22.9 Å². The van der Waals surface area contributed by atoms with Crippen LogP contribution in [0.1, 0.15) is 54.7 Å². The van der Waals surface area contributed by atoms with Crippen molar-refractivity contribution in [2.24, 2.45) is 0 Å². The average Bonchev–Trinajstić information content (AvgIpc) is 3.63. The number of aryl methyl sites for hydroxylation is 2. The lowest BCUT2D eigenvalue weighted by Gasteiger charge is -2.23.